The van der Waals surface area contributed by atoms with Crippen LogP contribution in [0.5, 0.6) is 0 Å². The third-order valence-corrected chi connectivity index (χ3v) is 4.17. The molecule has 8 N–H and O–H groups in total. The van der Waals surface area contributed by atoms with Gasteiger partial charge >= 0.3 is 5.97 Å². The molecule has 28 heavy (non-hydrogen) atoms. The number of hydrogen-bond donors (Lipinski definition) is 6. The molecule has 0 saturated heterocycles. The molecule has 2 atom stereocenters. The van der Waals surface area contributed by atoms with Crippen LogP contribution in [0.2, 0.25) is 0 Å². The Morgan fingerprint density at radius 3 is 2.54 bits per heavy atom. The summed E-state index contributed by atoms with van der Waals surface area (Å²) < 4.78 is 0. The van der Waals surface area contributed by atoms with Crippen molar-refractivity contribution in [2.45, 2.75) is 31.3 Å². The van der Waals surface area contributed by atoms with Crippen LogP contribution in [0.15, 0.2) is 30.5 Å². The molecule has 2 aromatic rings. The second kappa shape index (κ2) is 9.51. The van der Waals surface area contributed by atoms with E-state index in [1.165, 1.54) is 0 Å². The van der Waals surface area contributed by atoms with E-state index in [2.05, 4.69) is 15.6 Å². The summed E-state index contributed by atoms with van der Waals surface area (Å²) in [6, 6.07) is 5.46. The molecular weight excluding hydrogens is 366 g/mol. The molecule has 0 aliphatic rings. The highest BCUT2D eigenvalue weighted by Crippen LogP contribution is 2.18. The molecule has 1 aromatic heterocycles. The molecular formula is C18H23N5O5. The summed E-state index contributed by atoms with van der Waals surface area (Å²) in [4.78, 5) is 49.3. The number of aromatic nitrogens is 1. The normalized spacial score (nSPS) is 12.9. The van der Waals surface area contributed by atoms with Crippen molar-refractivity contribution >= 4 is 34.6 Å². The number of aromatic amines is 1. The highest BCUT2D eigenvalue weighted by Gasteiger charge is 2.25. The topological polar surface area (TPSA) is 180 Å². The Labute approximate surface area is 160 Å². The van der Waals surface area contributed by atoms with E-state index < -0.39 is 42.3 Å². The van der Waals surface area contributed by atoms with Crippen LogP contribution in [0.3, 0.4) is 0 Å². The van der Waals surface area contributed by atoms with Crippen molar-refractivity contribution in [2.24, 2.45) is 11.5 Å². The van der Waals surface area contributed by atoms with Crippen molar-refractivity contribution in [1.82, 2.24) is 15.6 Å². The third-order valence-electron chi connectivity index (χ3n) is 4.17. The molecule has 0 fully saturated rings. The quantitative estimate of drug-likeness (QED) is 0.303. The van der Waals surface area contributed by atoms with Gasteiger partial charge in [-0.3, -0.25) is 19.2 Å². The van der Waals surface area contributed by atoms with E-state index in [9.17, 15) is 19.2 Å². The lowest BCUT2D eigenvalue weighted by Gasteiger charge is -2.20. The number of nitrogens with two attached hydrogens (primary N) is 2. The molecule has 3 amide bonds. The molecule has 0 spiro atoms. The number of carboxylic acids is 1. The molecule has 0 saturated carbocycles. The molecule has 0 radical (unpaired) electrons. The SMILES string of the molecule is NC(=O)CNC(=O)[C@H](CCC(=O)O)NC(=O)[C@@H](N)Cc1c[nH]c2ccccc12. The highest BCUT2D eigenvalue weighted by molar-refractivity contribution is 5.92. The molecule has 0 aliphatic heterocycles. The number of primary amides is 1. The molecule has 0 unspecified atom stereocenters. The van der Waals surface area contributed by atoms with Gasteiger partial charge in [-0.1, -0.05) is 18.2 Å². The number of carbonyl (C=O) groups is 4. The molecule has 10 heteroatoms. The number of para-hydroxylation sites is 1. The average molecular weight is 389 g/mol. The predicted molar refractivity (Wildman–Crippen MR) is 101 cm³/mol. The van der Waals surface area contributed by atoms with Crippen molar-refractivity contribution in [1.29, 1.82) is 0 Å². The van der Waals surface area contributed by atoms with Crippen molar-refractivity contribution in [3.8, 4) is 0 Å². The zero-order valence-electron chi connectivity index (χ0n) is 15.1. The molecule has 2 rings (SSSR count). The minimum atomic E-state index is -1.14. The highest BCUT2D eigenvalue weighted by atomic mass is 16.4. The van der Waals surface area contributed by atoms with Gasteiger partial charge in [0, 0.05) is 23.5 Å². The lowest BCUT2D eigenvalue weighted by atomic mass is 10.0. The number of aliphatic carboxylic acids is 1. The van der Waals surface area contributed by atoms with Crippen molar-refractivity contribution < 1.29 is 24.3 Å². The average Bonchev–Trinajstić information content (AvgIpc) is 3.05. The molecule has 10 nitrogen and oxygen atoms in total. The van der Waals surface area contributed by atoms with Gasteiger partial charge in [0.2, 0.25) is 17.7 Å². The van der Waals surface area contributed by atoms with Crippen LogP contribution >= 0.6 is 0 Å². The number of amides is 3. The Morgan fingerprint density at radius 2 is 1.86 bits per heavy atom. The summed E-state index contributed by atoms with van der Waals surface area (Å²) in [6.45, 7) is -0.417. The summed E-state index contributed by atoms with van der Waals surface area (Å²) in [5.74, 6) is -3.18. The second-order valence-corrected chi connectivity index (χ2v) is 6.35. The van der Waals surface area contributed by atoms with Gasteiger partial charge in [0.1, 0.15) is 6.04 Å². The maximum atomic E-state index is 12.4. The molecule has 150 valence electrons. The minimum absolute atomic E-state index is 0.147. The monoisotopic (exact) mass is 389 g/mol. The van der Waals surface area contributed by atoms with Crippen LogP contribution in [0, 0.1) is 0 Å². The fourth-order valence-corrected chi connectivity index (χ4v) is 2.74. The number of benzene rings is 1. The van der Waals surface area contributed by atoms with E-state index >= 15 is 0 Å². The minimum Gasteiger partial charge on any atom is -0.481 e. The smallest absolute Gasteiger partial charge is 0.303 e. The van der Waals surface area contributed by atoms with Crippen LogP contribution in [0.25, 0.3) is 10.9 Å². The van der Waals surface area contributed by atoms with Crippen LogP contribution < -0.4 is 22.1 Å². The standard InChI is InChI=1S/C18H23N5O5/c19-12(7-10-8-21-13-4-2-1-3-11(10)13)17(27)23-14(5-6-16(25)26)18(28)22-9-15(20)24/h1-4,8,12,14,21H,5-7,9,19H2,(H2,20,24)(H,22,28)(H,23,27)(H,25,26)/t12-,14-/m0/s1. The number of nitrogens with one attached hydrogen (secondary N) is 3. The zero-order valence-corrected chi connectivity index (χ0v) is 15.1. The molecule has 1 aromatic carbocycles. The Hall–Kier alpha value is -3.40. The first kappa shape index (κ1) is 20.9. The summed E-state index contributed by atoms with van der Waals surface area (Å²) in [5.41, 5.74) is 12.7. The first-order valence-electron chi connectivity index (χ1n) is 8.66. The number of carboxylic acid groups (broad SMARTS) is 1. The van der Waals surface area contributed by atoms with E-state index in [4.69, 9.17) is 16.6 Å². The maximum absolute atomic E-state index is 12.4. The number of carbonyl (C=O) groups excluding carboxylic acids is 3. The number of H-pyrrole nitrogens is 1. The number of hydrogen-bond acceptors (Lipinski definition) is 5. The summed E-state index contributed by atoms with van der Waals surface area (Å²) >= 11 is 0. The fraction of sp³-hybridized carbons (Fsp3) is 0.333. The van der Waals surface area contributed by atoms with Gasteiger partial charge in [0.25, 0.3) is 0 Å². The Kier molecular flexibility index (Phi) is 7.10. The van der Waals surface area contributed by atoms with Gasteiger partial charge in [-0.15, -0.1) is 0 Å². The Bertz CT molecular complexity index is 878. The molecule has 0 aliphatic carbocycles. The Morgan fingerprint density at radius 1 is 1.14 bits per heavy atom. The second-order valence-electron chi connectivity index (χ2n) is 6.35. The van der Waals surface area contributed by atoms with Gasteiger partial charge in [-0.05, 0) is 24.5 Å². The van der Waals surface area contributed by atoms with Gasteiger partial charge < -0.3 is 32.2 Å². The molecule has 1 heterocycles. The summed E-state index contributed by atoms with van der Waals surface area (Å²) in [5, 5.41) is 14.5. The van der Waals surface area contributed by atoms with Gasteiger partial charge in [0.15, 0.2) is 0 Å². The molecule has 0 bridgehead atoms. The third kappa shape index (κ3) is 5.81. The van der Waals surface area contributed by atoms with E-state index in [-0.39, 0.29) is 19.3 Å². The van der Waals surface area contributed by atoms with E-state index in [0.717, 1.165) is 16.5 Å². The van der Waals surface area contributed by atoms with Crippen molar-refractivity contribution in [3.63, 3.8) is 0 Å². The van der Waals surface area contributed by atoms with E-state index in [0.29, 0.717) is 0 Å². The lowest BCUT2D eigenvalue weighted by molar-refractivity contribution is -0.138. The fourth-order valence-electron chi connectivity index (χ4n) is 2.74. The number of fused-ring (bicyclic) bond motifs is 1. The summed E-state index contributed by atoms with van der Waals surface area (Å²) in [7, 11) is 0. The van der Waals surface area contributed by atoms with E-state index in [1.54, 1.807) is 6.20 Å². The van der Waals surface area contributed by atoms with Crippen LogP contribution in [-0.4, -0.2) is 52.4 Å². The zero-order chi connectivity index (χ0) is 20.7. The van der Waals surface area contributed by atoms with Crippen LogP contribution in [-0.2, 0) is 25.6 Å². The van der Waals surface area contributed by atoms with Gasteiger partial charge in [0.05, 0.1) is 12.6 Å². The van der Waals surface area contributed by atoms with Crippen molar-refractivity contribution in [3.05, 3.63) is 36.0 Å². The largest absolute Gasteiger partial charge is 0.481 e. The number of rotatable bonds is 10. The lowest BCUT2D eigenvalue weighted by Crippen LogP contribution is -2.53. The van der Waals surface area contributed by atoms with Crippen LogP contribution in [0.4, 0.5) is 0 Å². The van der Waals surface area contributed by atoms with Gasteiger partial charge in [-0.25, -0.2) is 0 Å². The first-order chi connectivity index (χ1) is 13.3. The first-order valence-corrected chi connectivity index (χ1v) is 8.66. The van der Waals surface area contributed by atoms with Gasteiger partial charge in [-0.2, -0.15) is 0 Å². The Balaban J connectivity index is 2.02. The maximum Gasteiger partial charge on any atom is 0.303 e. The predicted octanol–water partition coefficient (Wildman–Crippen LogP) is -1.01. The van der Waals surface area contributed by atoms with Crippen molar-refractivity contribution in [2.75, 3.05) is 6.54 Å². The summed E-state index contributed by atoms with van der Waals surface area (Å²) in [6.07, 6.45) is 1.50. The van der Waals surface area contributed by atoms with E-state index in [1.807, 2.05) is 24.3 Å². The van der Waals surface area contributed by atoms with Crippen LogP contribution in [0.1, 0.15) is 18.4 Å².